The van der Waals surface area contributed by atoms with Gasteiger partial charge in [0.25, 0.3) is 0 Å². The van der Waals surface area contributed by atoms with Crippen LogP contribution in [0.15, 0.2) is 0 Å². The van der Waals surface area contributed by atoms with Crippen LogP contribution in [-0.2, 0) is 13.9 Å². The van der Waals surface area contributed by atoms with E-state index < -0.39 is 13.9 Å². The molecule has 0 aromatic rings. The molecule has 2 rings (SSSR count). The number of amides is 1. The van der Waals surface area contributed by atoms with Gasteiger partial charge in [-0.15, -0.1) is 0 Å². The van der Waals surface area contributed by atoms with Gasteiger partial charge in [-0.3, -0.25) is 4.90 Å². The molecule has 0 bridgehead atoms. The fourth-order valence-electron chi connectivity index (χ4n) is 2.92. The van der Waals surface area contributed by atoms with E-state index in [1.165, 1.54) is 0 Å². The second kappa shape index (κ2) is 6.29. The van der Waals surface area contributed by atoms with Gasteiger partial charge in [-0.25, -0.2) is 4.79 Å². The average molecular weight is 358 g/mol. The van der Waals surface area contributed by atoms with Crippen molar-refractivity contribution in [2.45, 2.75) is 89.8 Å². The number of carbonyl (C=O) groups excluding carboxylic acids is 1. The van der Waals surface area contributed by atoms with Crippen LogP contribution in [-0.4, -0.2) is 56.3 Å². The SMILES string of the molecule is CC(C)(C)OC(=O)N1CC2(CCO2)C[C@H]1CO[Si](C)(C)C(C)(C)C. The first-order valence-electron chi connectivity index (χ1n) is 9.02. The number of likely N-dealkylation sites (tertiary alicyclic amines) is 1. The maximum absolute atomic E-state index is 12.6. The maximum atomic E-state index is 12.6. The van der Waals surface area contributed by atoms with E-state index in [1.54, 1.807) is 0 Å². The summed E-state index contributed by atoms with van der Waals surface area (Å²) in [7, 11) is -1.84. The summed E-state index contributed by atoms with van der Waals surface area (Å²) in [6, 6.07) is 0.0364. The van der Waals surface area contributed by atoms with Gasteiger partial charge in [0.2, 0.25) is 0 Å². The van der Waals surface area contributed by atoms with Crippen LogP contribution in [0.1, 0.15) is 54.4 Å². The number of hydrogen-bond acceptors (Lipinski definition) is 4. The highest BCUT2D eigenvalue weighted by atomic mass is 28.4. The van der Waals surface area contributed by atoms with Gasteiger partial charge in [0, 0.05) is 12.8 Å². The summed E-state index contributed by atoms with van der Waals surface area (Å²) in [4.78, 5) is 14.5. The summed E-state index contributed by atoms with van der Waals surface area (Å²) in [5.74, 6) is 0. The Hall–Kier alpha value is -0.593. The molecule has 0 aromatic carbocycles. The predicted octanol–water partition coefficient (Wildman–Crippen LogP) is 4.18. The van der Waals surface area contributed by atoms with Crippen molar-refractivity contribution in [2.24, 2.45) is 0 Å². The van der Waals surface area contributed by atoms with E-state index in [0.29, 0.717) is 13.2 Å². The van der Waals surface area contributed by atoms with E-state index in [1.807, 2.05) is 25.7 Å². The number of rotatable bonds is 3. The van der Waals surface area contributed by atoms with Gasteiger partial charge in [0.1, 0.15) is 5.60 Å². The average Bonchev–Trinajstić information content (AvgIpc) is 2.73. The molecule has 2 atom stereocenters. The third-order valence-electron chi connectivity index (χ3n) is 5.54. The minimum Gasteiger partial charge on any atom is -0.444 e. The summed E-state index contributed by atoms with van der Waals surface area (Å²) >= 11 is 0. The molecule has 2 saturated heterocycles. The van der Waals surface area contributed by atoms with Gasteiger partial charge in [-0.1, -0.05) is 20.8 Å². The fourth-order valence-corrected chi connectivity index (χ4v) is 3.97. The Balaban J connectivity index is 2.06. The normalized spacial score (nSPS) is 28.2. The minimum atomic E-state index is -1.84. The number of hydrogen-bond donors (Lipinski definition) is 0. The van der Waals surface area contributed by atoms with Crippen molar-refractivity contribution in [2.75, 3.05) is 19.8 Å². The predicted molar refractivity (Wildman–Crippen MR) is 97.8 cm³/mol. The fraction of sp³-hybridized carbons (Fsp3) is 0.944. The molecular formula is C18H35NO4Si. The number of ether oxygens (including phenoxy) is 2. The summed E-state index contributed by atoms with van der Waals surface area (Å²) in [5.41, 5.74) is -0.656. The highest BCUT2D eigenvalue weighted by molar-refractivity contribution is 6.74. The molecule has 5 nitrogen and oxygen atoms in total. The molecule has 2 fully saturated rings. The Morgan fingerprint density at radius 1 is 1.25 bits per heavy atom. The lowest BCUT2D eigenvalue weighted by atomic mass is 9.92. The van der Waals surface area contributed by atoms with Crippen LogP contribution in [0, 0.1) is 0 Å². The molecule has 2 aliphatic rings. The Morgan fingerprint density at radius 2 is 1.83 bits per heavy atom. The molecule has 6 heteroatoms. The van der Waals surface area contributed by atoms with Gasteiger partial charge < -0.3 is 13.9 Å². The highest BCUT2D eigenvalue weighted by Crippen LogP contribution is 2.41. The van der Waals surface area contributed by atoms with Crippen LogP contribution in [0.25, 0.3) is 0 Å². The summed E-state index contributed by atoms with van der Waals surface area (Å²) in [6.45, 7) is 18.9. The van der Waals surface area contributed by atoms with Gasteiger partial charge in [0.15, 0.2) is 8.32 Å². The third-order valence-corrected chi connectivity index (χ3v) is 10.0. The van der Waals surface area contributed by atoms with Crippen molar-refractivity contribution in [3.8, 4) is 0 Å². The van der Waals surface area contributed by atoms with E-state index in [2.05, 4.69) is 33.9 Å². The summed E-state index contributed by atoms with van der Waals surface area (Å²) in [6.07, 6.45) is 1.61. The van der Waals surface area contributed by atoms with Crippen molar-refractivity contribution in [1.82, 2.24) is 4.90 Å². The topological polar surface area (TPSA) is 48.0 Å². The second-order valence-corrected chi connectivity index (χ2v) is 14.6. The zero-order valence-electron chi connectivity index (χ0n) is 16.7. The Bertz CT molecular complexity index is 474. The Labute approximate surface area is 148 Å². The van der Waals surface area contributed by atoms with Crippen molar-refractivity contribution in [3.63, 3.8) is 0 Å². The Morgan fingerprint density at radius 3 is 2.25 bits per heavy atom. The zero-order valence-corrected chi connectivity index (χ0v) is 17.7. The molecule has 2 heterocycles. The van der Waals surface area contributed by atoms with Crippen molar-refractivity contribution < 1.29 is 18.7 Å². The summed E-state index contributed by atoms with van der Waals surface area (Å²) in [5, 5.41) is 0.160. The largest absolute Gasteiger partial charge is 0.444 e. The first-order chi connectivity index (χ1) is 10.7. The zero-order chi connectivity index (χ0) is 18.4. The van der Waals surface area contributed by atoms with Crippen LogP contribution in [0.5, 0.6) is 0 Å². The molecule has 0 aliphatic carbocycles. The van der Waals surface area contributed by atoms with Crippen molar-refractivity contribution in [3.05, 3.63) is 0 Å². The lowest BCUT2D eigenvalue weighted by Gasteiger charge is -2.38. The summed E-state index contributed by atoms with van der Waals surface area (Å²) < 4.78 is 17.8. The van der Waals surface area contributed by atoms with E-state index in [4.69, 9.17) is 13.9 Å². The molecule has 1 amide bonds. The highest BCUT2D eigenvalue weighted by Gasteiger charge is 2.52. The monoisotopic (exact) mass is 357 g/mol. The maximum Gasteiger partial charge on any atom is 0.410 e. The quantitative estimate of drug-likeness (QED) is 0.711. The van der Waals surface area contributed by atoms with E-state index in [-0.39, 0.29) is 22.8 Å². The molecular weight excluding hydrogens is 322 g/mol. The smallest absolute Gasteiger partial charge is 0.410 e. The molecule has 0 saturated carbocycles. The van der Waals surface area contributed by atoms with Crippen LogP contribution in [0.2, 0.25) is 18.1 Å². The molecule has 24 heavy (non-hydrogen) atoms. The van der Waals surface area contributed by atoms with E-state index >= 15 is 0 Å². The number of carbonyl (C=O) groups is 1. The minimum absolute atomic E-state index is 0.0364. The van der Waals surface area contributed by atoms with Crippen LogP contribution >= 0.6 is 0 Å². The molecule has 0 N–H and O–H groups in total. The number of nitrogens with zero attached hydrogens (tertiary/aromatic N) is 1. The molecule has 1 unspecified atom stereocenters. The van der Waals surface area contributed by atoms with Crippen molar-refractivity contribution in [1.29, 1.82) is 0 Å². The van der Waals surface area contributed by atoms with E-state index in [0.717, 1.165) is 19.4 Å². The lowest BCUT2D eigenvalue weighted by Crippen LogP contribution is -2.48. The molecule has 1 spiro atoms. The van der Waals surface area contributed by atoms with Gasteiger partial charge in [-0.05, 0) is 38.9 Å². The van der Waals surface area contributed by atoms with Gasteiger partial charge in [-0.2, -0.15) is 0 Å². The molecule has 0 radical (unpaired) electrons. The van der Waals surface area contributed by atoms with Gasteiger partial charge >= 0.3 is 6.09 Å². The van der Waals surface area contributed by atoms with E-state index in [9.17, 15) is 4.79 Å². The lowest BCUT2D eigenvalue weighted by molar-refractivity contribution is -0.137. The van der Waals surface area contributed by atoms with Gasteiger partial charge in [0.05, 0.1) is 31.4 Å². The van der Waals surface area contributed by atoms with Crippen LogP contribution in [0.4, 0.5) is 4.79 Å². The molecule has 0 aromatic heterocycles. The third kappa shape index (κ3) is 4.32. The van der Waals surface area contributed by atoms with Crippen molar-refractivity contribution >= 4 is 14.4 Å². The standard InChI is InChI=1S/C18H35NO4Si/c1-16(2,3)23-15(20)19-13-18(9-10-21-18)11-14(19)12-22-24(7,8)17(4,5)6/h14H,9-13H2,1-8H3/t14-,18?/m0/s1. The second-order valence-electron chi connectivity index (χ2n) is 9.82. The molecule has 140 valence electrons. The van der Waals surface area contributed by atoms with Crippen LogP contribution < -0.4 is 0 Å². The first kappa shape index (κ1) is 19.7. The van der Waals surface area contributed by atoms with Crippen LogP contribution in [0.3, 0.4) is 0 Å². The Kier molecular flexibility index (Phi) is 5.17. The molecule has 2 aliphatic heterocycles. The first-order valence-corrected chi connectivity index (χ1v) is 11.9.